The maximum atomic E-state index is 12.6. The number of nitrogens with zero attached hydrogens (tertiary/aromatic N) is 4. The number of hydrogen-bond acceptors (Lipinski definition) is 5. The predicted octanol–water partition coefficient (Wildman–Crippen LogP) is 5.28. The molecule has 6 heteroatoms. The molecule has 3 aromatic rings. The van der Waals surface area contributed by atoms with Crippen LogP contribution >= 0.6 is 11.3 Å². The van der Waals surface area contributed by atoms with E-state index in [1.165, 1.54) is 27.0 Å². The number of unbranched alkanes of at least 4 members (excludes halogenated alkanes) is 1. The van der Waals surface area contributed by atoms with Crippen molar-refractivity contribution in [3.05, 3.63) is 62.5 Å². The summed E-state index contributed by atoms with van der Waals surface area (Å²) in [5.74, 6) is 1.07. The zero-order valence-corrected chi connectivity index (χ0v) is 19.7. The minimum atomic E-state index is -0.0835. The summed E-state index contributed by atoms with van der Waals surface area (Å²) >= 11 is 1.54. The third kappa shape index (κ3) is 5.99. The summed E-state index contributed by atoms with van der Waals surface area (Å²) in [5, 5.41) is 5.44. The molecule has 0 saturated heterocycles. The maximum Gasteiger partial charge on any atom is 0.275 e. The van der Waals surface area contributed by atoms with Gasteiger partial charge in [-0.05, 0) is 29.4 Å². The van der Waals surface area contributed by atoms with Gasteiger partial charge >= 0.3 is 0 Å². The van der Waals surface area contributed by atoms with Crippen molar-refractivity contribution < 1.29 is 0 Å². The molecule has 0 aliphatic heterocycles. The molecule has 0 spiro atoms. The summed E-state index contributed by atoms with van der Waals surface area (Å²) in [6.07, 6.45) is 3.11. The van der Waals surface area contributed by atoms with Crippen molar-refractivity contribution in [2.45, 2.75) is 72.9 Å². The lowest BCUT2D eigenvalue weighted by Gasteiger charge is -2.24. The first-order chi connectivity index (χ1) is 14.4. The molecule has 5 nitrogen and oxygen atoms in total. The van der Waals surface area contributed by atoms with Crippen LogP contribution in [0.25, 0.3) is 4.96 Å². The molecule has 0 aliphatic rings. The van der Waals surface area contributed by atoms with Crippen molar-refractivity contribution in [1.82, 2.24) is 19.5 Å². The van der Waals surface area contributed by atoms with E-state index in [1.54, 1.807) is 6.07 Å². The minimum absolute atomic E-state index is 0.0835. The van der Waals surface area contributed by atoms with Crippen LogP contribution in [0.15, 0.2) is 35.1 Å². The molecule has 2 aromatic heterocycles. The van der Waals surface area contributed by atoms with Gasteiger partial charge in [0.05, 0.1) is 5.69 Å². The van der Waals surface area contributed by atoms with Crippen molar-refractivity contribution in [1.29, 1.82) is 0 Å². The van der Waals surface area contributed by atoms with Crippen LogP contribution in [0, 0.1) is 5.92 Å². The lowest BCUT2D eigenvalue weighted by Crippen LogP contribution is -2.28. The van der Waals surface area contributed by atoms with Gasteiger partial charge in [-0.2, -0.15) is 9.61 Å². The van der Waals surface area contributed by atoms with Crippen LogP contribution in [0.4, 0.5) is 0 Å². The van der Waals surface area contributed by atoms with Crippen molar-refractivity contribution >= 4 is 16.3 Å². The number of rotatable bonds is 10. The van der Waals surface area contributed by atoms with Crippen molar-refractivity contribution in [3.63, 3.8) is 0 Å². The van der Waals surface area contributed by atoms with E-state index in [-0.39, 0.29) is 5.56 Å². The summed E-state index contributed by atoms with van der Waals surface area (Å²) in [6, 6.07) is 10.5. The van der Waals surface area contributed by atoms with Crippen LogP contribution in [0.3, 0.4) is 0 Å². The Morgan fingerprint density at radius 2 is 1.83 bits per heavy atom. The quantitative estimate of drug-likeness (QED) is 0.443. The number of aryl methyl sites for hydroxylation is 1. The molecule has 0 bridgehead atoms. The normalized spacial score (nSPS) is 12.0. The zero-order valence-electron chi connectivity index (χ0n) is 18.9. The Morgan fingerprint density at radius 3 is 2.47 bits per heavy atom. The second kappa shape index (κ2) is 10.3. The third-order valence-corrected chi connectivity index (χ3v) is 6.11. The molecule has 0 saturated carbocycles. The number of fused-ring (bicyclic) bond motifs is 1. The van der Waals surface area contributed by atoms with Crippen LogP contribution in [0.2, 0.25) is 0 Å². The fraction of sp³-hybridized carbons (Fsp3) is 0.542. The molecule has 2 heterocycles. The molecule has 3 rings (SSSR count). The molecule has 30 heavy (non-hydrogen) atoms. The highest BCUT2D eigenvalue weighted by atomic mass is 32.1. The molecule has 0 fully saturated rings. The zero-order chi connectivity index (χ0) is 21.7. The standard InChI is InChI=1S/C24H34N4OS/c1-6-7-8-22-26-28-23(29)13-21(25-24(28)30-22)16-27(14-17(2)3)15-19-9-11-20(12-10-19)18(4)5/h9-13,17-18H,6-8,14-16H2,1-5H3. The Hall–Kier alpha value is -2.05. The van der Waals surface area contributed by atoms with E-state index in [4.69, 9.17) is 4.98 Å². The molecule has 1 aromatic carbocycles. The summed E-state index contributed by atoms with van der Waals surface area (Å²) < 4.78 is 1.45. The van der Waals surface area contributed by atoms with Gasteiger partial charge in [-0.1, -0.05) is 76.6 Å². The summed E-state index contributed by atoms with van der Waals surface area (Å²) in [5.41, 5.74) is 3.39. The van der Waals surface area contributed by atoms with Crippen molar-refractivity contribution in [2.75, 3.05) is 6.54 Å². The average molecular weight is 427 g/mol. The van der Waals surface area contributed by atoms with Crippen LogP contribution in [-0.2, 0) is 19.5 Å². The third-order valence-electron chi connectivity index (χ3n) is 5.15. The number of benzene rings is 1. The minimum Gasteiger partial charge on any atom is -0.293 e. The lowest BCUT2D eigenvalue weighted by molar-refractivity contribution is 0.225. The fourth-order valence-corrected chi connectivity index (χ4v) is 4.56. The van der Waals surface area contributed by atoms with E-state index < -0.39 is 0 Å². The molecular formula is C24H34N4OS. The average Bonchev–Trinajstić information content (AvgIpc) is 3.09. The summed E-state index contributed by atoms with van der Waals surface area (Å²) in [7, 11) is 0. The molecule has 162 valence electrons. The first kappa shape index (κ1) is 22.6. The summed E-state index contributed by atoms with van der Waals surface area (Å²) in [4.78, 5) is 20.5. The molecule has 0 atom stereocenters. The molecule has 0 unspecified atom stereocenters. The Kier molecular flexibility index (Phi) is 7.78. The highest BCUT2D eigenvalue weighted by Gasteiger charge is 2.14. The topological polar surface area (TPSA) is 50.5 Å². The van der Waals surface area contributed by atoms with Crippen molar-refractivity contribution in [3.8, 4) is 0 Å². The second-order valence-corrected chi connectivity index (χ2v) is 9.88. The largest absolute Gasteiger partial charge is 0.293 e. The van der Waals surface area contributed by atoms with E-state index in [9.17, 15) is 4.79 Å². The Morgan fingerprint density at radius 1 is 1.10 bits per heavy atom. The molecule has 0 N–H and O–H groups in total. The van der Waals surface area contributed by atoms with Gasteiger partial charge in [-0.15, -0.1) is 0 Å². The monoisotopic (exact) mass is 426 g/mol. The molecule has 0 radical (unpaired) electrons. The van der Waals surface area contributed by atoms with E-state index in [2.05, 4.69) is 68.9 Å². The van der Waals surface area contributed by atoms with Gasteiger partial charge in [0.15, 0.2) is 0 Å². The molecular weight excluding hydrogens is 392 g/mol. The van der Waals surface area contributed by atoms with E-state index in [1.807, 2.05) is 0 Å². The van der Waals surface area contributed by atoms with E-state index in [0.29, 0.717) is 23.3 Å². The second-order valence-electron chi connectivity index (χ2n) is 8.84. The van der Waals surface area contributed by atoms with Gasteiger partial charge in [0.2, 0.25) is 4.96 Å². The molecule has 0 aliphatic carbocycles. The van der Waals surface area contributed by atoms with Gasteiger partial charge in [0.1, 0.15) is 5.01 Å². The lowest BCUT2D eigenvalue weighted by atomic mass is 10.0. The van der Waals surface area contributed by atoms with E-state index >= 15 is 0 Å². The van der Waals surface area contributed by atoms with Crippen LogP contribution < -0.4 is 5.56 Å². The van der Waals surface area contributed by atoms with Gasteiger partial charge < -0.3 is 0 Å². The Balaban J connectivity index is 1.79. The van der Waals surface area contributed by atoms with Crippen molar-refractivity contribution in [2.24, 2.45) is 5.92 Å². The highest BCUT2D eigenvalue weighted by Crippen LogP contribution is 2.18. The highest BCUT2D eigenvalue weighted by molar-refractivity contribution is 7.16. The van der Waals surface area contributed by atoms with E-state index in [0.717, 1.165) is 43.1 Å². The molecule has 0 amide bonds. The SMILES string of the molecule is CCCCc1nn2c(=O)cc(CN(Cc3ccc(C(C)C)cc3)CC(C)C)nc2s1. The van der Waals surface area contributed by atoms with Crippen LogP contribution in [0.5, 0.6) is 0 Å². The number of hydrogen-bond donors (Lipinski definition) is 0. The maximum absolute atomic E-state index is 12.6. The first-order valence-electron chi connectivity index (χ1n) is 11.1. The Labute approximate surface area is 183 Å². The first-order valence-corrected chi connectivity index (χ1v) is 11.9. The van der Waals surface area contributed by atoms with Gasteiger partial charge in [-0.3, -0.25) is 9.69 Å². The van der Waals surface area contributed by atoms with Gasteiger partial charge in [-0.25, -0.2) is 4.98 Å². The summed E-state index contributed by atoms with van der Waals surface area (Å²) in [6.45, 7) is 13.5. The predicted molar refractivity (Wildman–Crippen MR) is 125 cm³/mol. The van der Waals surface area contributed by atoms with Gasteiger partial charge in [0.25, 0.3) is 5.56 Å². The fourth-order valence-electron chi connectivity index (χ4n) is 3.60. The smallest absolute Gasteiger partial charge is 0.275 e. The Bertz CT molecular complexity index is 1000. The van der Waals surface area contributed by atoms with Crippen LogP contribution in [-0.4, -0.2) is 26.0 Å². The van der Waals surface area contributed by atoms with Crippen LogP contribution in [0.1, 0.15) is 75.2 Å². The van der Waals surface area contributed by atoms with Gasteiger partial charge in [0, 0.05) is 32.1 Å². The number of aromatic nitrogens is 3.